The van der Waals surface area contributed by atoms with E-state index in [1.165, 1.54) is 12.1 Å². The van der Waals surface area contributed by atoms with E-state index < -0.39 is 0 Å². The monoisotopic (exact) mass is 350 g/mol. The topological polar surface area (TPSA) is 25.8 Å². The number of aryl methyl sites for hydroxylation is 1. The molecular weight excluding hydrogens is 343 g/mol. The van der Waals surface area contributed by atoms with Crippen molar-refractivity contribution < 1.29 is 4.39 Å². The highest BCUT2D eigenvalue weighted by Gasteiger charge is 2.12. The third kappa shape index (κ3) is 2.30. The van der Waals surface area contributed by atoms with Crippen molar-refractivity contribution in [2.75, 3.05) is 0 Å². The molecule has 0 radical (unpaired) electrons. The molecule has 0 fully saturated rings. The molecule has 0 atom stereocenters. The minimum Gasteiger partial charge on any atom is -0.227 e. The number of hydrogen-bond donors (Lipinski definition) is 0. The molecule has 0 saturated heterocycles. The minimum atomic E-state index is -0.278. The van der Waals surface area contributed by atoms with Gasteiger partial charge in [-0.15, -0.1) is 0 Å². The van der Waals surface area contributed by atoms with Crippen LogP contribution in [-0.2, 0) is 0 Å². The summed E-state index contributed by atoms with van der Waals surface area (Å²) >= 11 is 9.68. The van der Waals surface area contributed by atoms with Gasteiger partial charge in [0.05, 0.1) is 5.52 Å². The molecule has 0 aliphatic rings. The second kappa shape index (κ2) is 5.11. The Labute approximate surface area is 128 Å². The lowest BCUT2D eigenvalue weighted by molar-refractivity contribution is 0.627. The van der Waals surface area contributed by atoms with Gasteiger partial charge in [0, 0.05) is 15.4 Å². The molecule has 0 aliphatic carbocycles. The van der Waals surface area contributed by atoms with Gasteiger partial charge in [0.1, 0.15) is 11.0 Å². The van der Waals surface area contributed by atoms with Crippen LogP contribution in [0, 0.1) is 12.7 Å². The maximum absolute atomic E-state index is 13.2. The zero-order valence-electron chi connectivity index (χ0n) is 10.5. The van der Waals surface area contributed by atoms with Crippen molar-refractivity contribution in [1.29, 1.82) is 0 Å². The predicted molar refractivity (Wildman–Crippen MR) is 82.4 cm³/mol. The highest BCUT2D eigenvalue weighted by Crippen LogP contribution is 2.30. The van der Waals surface area contributed by atoms with Crippen molar-refractivity contribution in [2.45, 2.75) is 6.92 Å². The number of halogens is 3. The Kier molecular flexibility index (Phi) is 3.44. The van der Waals surface area contributed by atoms with Crippen molar-refractivity contribution in [3.8, 4) is 11.4 Å². The quantitative estimate of drug-likeness (QED) is 0.566. The lowest BCUT2D eigenvalue weighted by Gasteiger charge is -2.08. The SMILES string of the molecule is Cc1cc(F)ccc1-c1nc(Cl)c2cccc(Br)c2n1. The molecule has 3 rings (SSSR count). The van der Waals surface area contributed by atoms with Gasteiger partial charge in [-0.3, -0.25) is 0 Å². The fourth-order valence-corrected chi connectivity index (χ4v) is 2.77. The van der Waals surface area contributed by atoms with Gasteiger partial charge in [0.25, 0.3) is 0 Å². The Morgan fingerprint density at radius 2 is 1.95 bits per heavy atom. The van der Waals surface area contributed by atoms with Gasteiger partial charge >= 0.3 is 0 Å². The molecule has 0 spiro atoms. The first-order valence-corrected chi connectivity index (χ1v) is 7.11. The molecule has 20 heavy (non-hydrogen) atoms. The average molecular weight is 352 g/mol. The number of hydrogen-bond acceptors (Lipinski definition) is 2. The number of rotatable bonds is 1. The Morgan fingerprint density at radius 3 is 2.70 bits per heavy atom. The summed E-state index contributed by atoms with van der Waals surface area (Å²) < 4.78 is 14.0. The molecule has 5 heteroatoms. The molecule has 0 N–H and O–H groups in total. The molecule has 0 saturated carbocycles. The van der Waals surface area contributed by atoms with Gasteiger partial charge in [-0.2, -0.15) is 0 Å². The normalized spacial score (nSPS) is 11.0. The van der Waals surface area contributed by atoms with E-state index in [2.05, 4.69) is 25.9 Å². The highest BCUT2D eigenvalue weighted by atomic mass is 79.9. The van der Waals surface area contributed by atoms with Crippen LogP contribution >= 0.6 is 27.5 Å². The van der Waals surface area contributed by atoms with E-state index in [1.807, 2.05) is 25.1 Å². The van der Waals surface area contributed by atoms with Crippen molar-refractivity contribution in [3.05, 3.63) is 57.4 Å². The fourth-order valence-electron chi connectivity index (χ4n) is 2.08. The summed E-state index contributed by atoms with van der Waals surface area (Å²) in [5, 5.41) is 1.17. The van der Waals surface area contributed by atoms with Crippen molar-refractivity contribution >= 4 is 38.4 Å². The fraction of sp³-hybridized carbons (Fsp3) is 0.0667. The minimum absolute atomic E-state index is 0.278. The van der Waals surface area contributed by atoms with E-state index in [9.17, 15) is 4.39 Å². The van der Waals surface area contributed by atoms with Crippen LogP contribution in [-0.4, -0.2) is 9.97 Å². The molecule has 3 aromatic rings. The molecule has 100 valence electrons. The number of benzene rings is 2. The second-order valence-electron chi connectivity index (χ2n) is 4.43. The standard InChI is InChI=1S/C15H9BrClFN2/c1-8-7-9(18)5-6-10(8)15-19-13-11(14(17)20-15)3-2-4-12(13)16/h2-7H,1H3. The number of fused-ring (bicyclic) bond motifs is 1. The third-order valence-electron chi connectivity index (χ3n) is 3.06. The Bertz CT molecular complexity index is 820. The summed E-state index contributed by atoms with van der Waals surface area (Å²) in [7, 11) is 0. The molecule has 2 nitrogen and oxygen atoms in total. The molecule has 0 bridgehead atoms. The number of aromatic nitrogens is 2. The van der Waals surface area contributed by atoms with Gasteiger partial charge in [-0.1, -0.05) is 17.7 Å². The largest absolute Gasteiger partial charge is 0.227 e. The van der Waals surface area contributed by atoms with Crippen LogP contribution in [0.1, 0.15) is 5.56 Å². The molecule has 0 unspecified atom stereocenters. The van der Waals surface area contributed by atoms with Gasteiger partial charge in [0.2, 0.25) is 0 Å². The van der Waals surface area contributed by atoms with Gasteiger partial charge < -0.3 is 0 Å². The van der Waals surface area contributed by atoms with Crippen LogP contribution in [0.25, 0.3) is 22.3 Å². The number of nitrogens with zero attached hydrogens (tertiary/aromatic N) is 2. The Balaban J connectivity index is 2.29. The van der Waals surface area contributed by atoms with Crippen LogP contribution < -0.4 is 0 Å². The van der Waals surface area contributed by atoms with Gasteiger partial charge in [-0.05, 0) is 58.7 Å². The summed E-state index contributed by atoms with van der Waals surface area (Å²) in [6.07, 6.45) is 0. The lowest BCUT2D eigenvalue weighted by atomic mass is 10.1. The molecule has 1 heterocycles. The maximum atomic E-state index is 13.2. The first-order chi connectivity index (χ1) is 9.56. The van der Waals surface area contributed by atoms with Crippen LogP contribution in [0.5, 0.6) is 0 Å². The van der Waals surface area contributed by atoms with E-state index in [0.717, 1.165) is 26.5 Å². The van der Waals surface area contributed by atoms with Crippen LogP contribution in [0.3, 0.4) is 0 Å². The van der Waals surface area contributed by atoms with Gasteiger partial charge in [0.15, 0.2) is 5.82 Å². The van der Waals surface area contributed by atoms with Crippen LogP contribution in [0.2, 0.25) is 5.15 Å². The maximum Gasteiger partial charge on any atom is 0.161 e. The molecule has 2 aromatic carbocycles. The van der Waals surface area contributed by atoms with E-state index >= 15 is 0 Å². The van der Waals surface area contributed by atoms with E-state index in [1.54, 1.807) is 6.07 Å². The average Bonchev–Trinajstić information content (AvgIpc) is 2.40. The summed E-state index contributed by atoms with van der Waals surface area (Å²) in [6.45, 7) is 1.82. The predicted octanol–water partition coefficient (Wildman–Crippen LogP) is 5.16. The zero-order valence-corrected chi connectivity index (χ0v) is 12.8. The Hall–Kier alpha value is -1.52. The van der Waals surface area contributed by atoms with Crippen molar-refractivity contribution in [2.24, 2.45) is 0 Å². The van der Waals surface area contributed by atoms with Crippen LogP contribution in [0.4, 0.5) is 4.39 Å². The summed E-state index contributed by atoms with van der Waals surface area (Å²) in [5.74, 6) is 0.214. The van der Waals surface area contributed by atoms with Crippen molar-refractivity contribution in [1.82, 2.24) is 9.97 Å². The summed E-state index contributed by atoms with van der Waals surface area (Å²) in [4.78, 5) is 8.85. The zero-order chi connectivity index (χ0) is 14.3. The van der Waals surface area contributed by atoms with E-state index in [-0.39, 0.29) is 5.82 Å². The first kappa shape index (κ1) is 13.5. The smallest absolute Gasteiger partial charge is 0.161 e. The summed E-state index contributed by atoms with van der Waals surface area (Å²) in [6, 6.07) is 10.2. The molecule has 0 amide bonds. The molecule has 1 aromatic heterocycles. The second-order valence-corrected chi connectivity index (χ2v) is 5.65. The highest BCUT2D eigenvalue weighted by molar-refractivity contribution is 9.10. The van der Waals surface area contributed by atoms with Crippen LogP contribution in [0.15, 0.2) is 40.9 Å². The van der Waals surface area contributed by atoms with Crippen molar-refractivity contribution in [3.63, 3.8) is 0 Å². The van der Waals surface area contributed by atoms with Gasteiger partial charge in [-0.25, -0.2) is 14.4 Å². The summed E-state index contributed by atoms with van der Waals surface area (Å²) in [5.41, 5.74) is 2.28. The third-order valence-corrected chi connectivity index (χ3v) is 3.99. The Morgan fingerprint density at radius 1 is 1.15 bits per heavy atom. The van der Waals surface area contributed by atoms with E-state index in [4.69, 9.17) is 11.6 Å². The number of para-hydroxylation sites is 1. The van der Waals surface area contributed by atoms with E-state index in [0.29, 0.717) is 11.0 Å². The first-order valence-electron chi connectivity index (χ1n) is 5.94. The molecule has 0 aliphatic heterocycles. The molecular formula is C15H9BrClFN2. The lowest BCUT2D eigenvalue weighted by Crippen LogP contribution is -1.95.